The van der Waals surface area contributed by atoms with Gasteiger partial charge in [-0.3, -0.25) is 4.79 Å². The summed E-state index contributed by atoms with van der Waals surface area (Å²) in [6, 6.07) is 5.11. The average Bonchev–Trinajstić information content (AvgIpc) is 2.40. The van der Waals surface area contributed by atoms with E-state index in [1.165, 1.54) is 12.8 Å². The average molecular weight is 296 g/mol. The number of halogens is 1. The monoisotopic (exact) mass is 295 g/mol. The number of anilines is 2. The second-order valence-electron chi connectivity index (χ2n) is 5.59. The van der Waals surface area contributed by atoms with Crippen LogP contribution in [0.5, 0.6) is 0 Å². The number of benzene rings is 1. The van der Waals surface area contributed by atoms with Crippen LogP contribution in [-0.4, -0.2) is 30.4 Å². The van der Waals surface area contributed by atoms with E-state index in [0.717, 1.165) is 25.6 Å². The molecule has 1 aromatic carbocycles. The summed E-state index contributed by atoms with van der Waals surface area (Å²) in [5.74, 6) is 0.730. The lowest BCUT2D eigenvalue weighted by Crippen LogP contribution is -2.36. The lowest BCUT2D eigenvalue weighted by molar-refractivity contribution is -0.116. The predicted octanol–water partition coefficient (Wildman–Crippen LogP) is 2.98. The maximum Gasteiger partial charge on any atom is 0.225 e. The maximum atomic E-state index is 11.9. The fourth-order valence-electron chi connectivity index (χ4n) is 2.59. The molecule has 2 rings (SSSR count). The van der Waals surface area contributed by atoms with Crippen LogP contribution in [0.15, 0.2) is 18.2 Å². The van der Waals surface area contributed by atoms with Gasteiger partial charge in [0.25, 0.3) is 0 Å². The molecule has 110 valence electrons. The third-order valence-electron chi connectivity index (χ3n) is 3.66. The summed E-state index contributed by atoms with van der Waals surface area (Å²) in [5.41, 5.74) is 6.84. The first kappa shape index (κ1) is 15.1. The van der Waals surface area contributed by atoms with Crippen molar-refractivity contribution in [1.29, 1.82) is 0 Å². The Kier molecular flexibility index (Phi) is 5.26. The van der Waals surface area contributed by atoms with Crippen molar-refractivity contribution in [3.63, 3.8) is 0 Å². The van der Waals surface area contributed by atoms with Gasteiger partial charge < -0.3 is 16.0 Å². The molecule has 3 N–H and O–H groups in total. The predicted molar refractivity (Wildman–Crippen MR) is 83.9 cm³/mol. The Balaban J connectivity index is 1.80. The summed E-state index contributed by atoms with van der Waals surface area (Å²) in [7, 11) is 0. The van der Waals surface area contributed by atoms with Crippen LogP contribution in [0.1, 0.15) is 26.2 Å². The van der Waals surface area contributed by atoms with Crippen molar-refractivity contribution >= 4 is 28.9 Å². The van der Waals surface area contributed by atoms with Crippen molar-refractivity contribution in [1.82, 2.24) is 4.90 Å². The molecule has 1 unspecified atom stereocenters. The summed E-state index contributed by atoms with van der Waals surface area (Å²) in [4.78, 5) is 14.3. The van der Waals surface area contributed by atoms with Crippen LogP contribution in [0.3, 0.4) is 0 Å². The van der Waals surface area contributed by atoms with E-state index in [1.807, 2.05) is 0 Å². The number of hydrogen-bond acceptors (Lipinski definition) is 3. The standard InChI is InChI=1S/C15H22ClN3O/c1-11-3-2-7-19(10-11)8-6-15(20)18-14-5-4-12(17)9-13(14)16/h4-5,9,11H,2-3,6-8,10,17H2,1H3,(H,18,20). The molecular formula is C15H22ClN3O. The minimum absolute atomic E-state index is 0.00472. The highest BCUT2D eigenvalue weighted by Gasteiger charge is 2.17. The summed E-state index contributed by atoms with van der Waals surface area (Å²) < 4.78 is 0. The molecule has 0 radical (unpaired) electrons. The van der Waals surface area contributed by atoms with Crippen LogP contribution in [-0.2, 0) is 4.79 Å². The number of nitrogens with zero attached hydrogens (tertiary/aromatic N) is 1. The Hall–Kier alpha value is -1.26. The molecule has 1 aromatic rings. The summed E-state index contributed by atoms with van der Waals surface area (Å²) >= 11 is 6.04. The number of carbonyl (C=O) groups excluding carboxylic acids is 1. The molecule has 5 heteroatoms. The van der Waals surface area contributed by atoms with Gasteiger partial charge >= 0.3 is 0 Å². The van der Waals surface area contributed by atoms with Gasteiger partial charge in [0.15, 0.2) is 0 Å². The number of amides is 1. The van der Waals surface area contributed by atoms with E-state index >= 15 is 0 Å². The van der Waals surface area contributed by atoms with Gasteiger partial charge in [-0.05, 0) is 43.5 Å². The second-order valence-corrected chi connectivity index (χ2v) is 5.99. The lowest BCUT2D eigenvalue weighted by atomic mass is 10.0. The highest BCUT2D eigenvalue weighted by atomic mass is 35.5. The fourth-order valence-corrected chi connectivity index (χ4v) is 2.83. The first-order valence-electron chi connectivity index (χ1n) is 7.12. The molecule has 1 amide bonds. The third kappa shape index (κ3) is 4.39. The Morgan fingerprint density at radius 2 is 2.35 bits per heavy atom. The molecule has 0 saturated carbocycles. The van der Waals surface area contributed by atoms with E-state index in [4.69, 9.17) is 17.3 Å². The number of piperidine rings is 1. The molecule has 0 aromatic heterocycles. The highest BCUT2D eigenvalue weighted by Crippen LogP contribution is 2.24. The normalized spacial score (nSPS) is 19.8. The Morgan fingerprint density at radius 3 is 3.05 bits per heavy atom. The van der Waals surface area contributed by atoms with E-state index in [2.05, 4.69) is 17.1 Å². The topological polar surface area (TPSA) is 58.4 Å². The first-order valence-corrected chi connectivity index (χ1v) is 7.49. The van der Waals surface area contributed by atoms with Gasteiger partial charge in [0.1, 0.15) is 0 Å². The zero-order chi connectivity index (χ0) is 14.5. The molecule has 0 bridgehead atoms. The molecule has 4 nitrogen and oxygen atoms in total. The van der Waals surface area contributed by atoms with Crippen molar-refractivity contribution < 1.29 is 4.79 Å². The summed E-state index contributed by atoms with van der Waals surface area (Å²) in [5, 5.41) is 3.31. The van der Waals surface area contributed by atoms with Gasteiger partial charge in [-0.15, -0.1) is 0 Å². The van der Waals surface area contributed by atoms with Crippen LogP contribution < -0.4 is 11.1 Å². The van der Waals surface area contributed by atoms with E-state index < -0.39 is 0 Å². The van der Waals surface area contributed by atoms with Gasteiger partial charge in [0.05, 0.1) is 10.7 Å². The maximum absolute atomic E-state index is 11.9. The van der Waals surface area contributed by atoms with Crippen LogP contribution in [0, 0.1) is 5.92 Å². The first-order chi connectivity index (χ1) is 9.54. The van der Waals surface area contributed by atoms with Crippen molar-refractivity contribution in [2.24, 2.45) is 5.92 Å². The number of likely N-dealkylation sites (tertiary alicyclic amines) is 1. The third-order valence-corrected chi connectivity index (χ3v) is 3.98. The molecule has 1 aliphatic heterocycles. The fraction of sp³-hybridized carbons (Fsp3) is 0.533. The zero-order valence-corrected chi connectivity index (χ0v) is 12.6. The molecular weight excluding hydrogens is 274 g/mol. The van der Waals surface area contributed by atoms with Gasteiger partial charge in [-0.2, -0.15) is 0 Å². The van der Waals surface area contributed by atoms with Crippen molar-refractivity contribution in [3.05, 3.63) is 23.2 Å². The van der Waals surface area contributed by atoms with Crippen molar-refractivity contribution in [3.8, 4) is 0 Å². The molecule has 1 saturated heterocycles. The molecule has 1 fully saturated rings. The zero-order valence-electron chi connectivity index (χ0n) is 11.9. The molecule has 0 spiro atoms. The summed E-state index contributed by atoms with van der Waals surface area (Å²) in [6.45, 7) is 5.26. The number of carbonyl (C=O) groups is 1. The van der Waals surface area contributed by atoms with Crippen molar-refractivity contribution in [2.45, 2.75) is 26.2 Å². The molecule has 1 atom stereocenters. The number of nitrogens with two attached hydrogens (primary N) is 1. The van der Waals surface area contributed by atoms with E-state index in [-0.39, 0.29) is 5.91 Å². The number of nitrogens with one attached hydrogen (secondary N) is 1. The molecule has 1 aliphatic rings. The van der Waals surface area contributed by atoms with Gasteiger partial charge in [-0.1, -0.05) is 18.5 Å². The Labute approximate surface area is 125 Å². The van der Waals surface area contributed by atoms with Crippen LogP contribution in [0.4, 0.5) is 11.4 Å². The second kappa shape index (κ2) is 6.95. The molecule has 1 heterocycles. The van der Waals surface area contributed by atoms with Crippen LogP contribution in [0.25, 0.3) is 0 Å². The Bertz CT molecular complexity index is 478. The minimum Gasteiger partial charge on any atom is -0.399 e. The number of rotatable bonds is 4. The van der Waals surface area contributed by atoms with E-state index in [0.29, 0.717) is 22.8 Å². The highest BCUT2D eigenvalue weighted by molar-refractivity contribution is 6.34. The van der Waals surface area contributed by atoms with Crippen LogP contribution >= 0.6 is 11.6 Å². The quantitative estimate of drug-likeness (QED) is 0.840. The Morgan fingerprint density at radius 1 is 1.55 bits per heavy atom. The van der Waals surface area contributed by atoms with E-state index in [9.17, 15) is 4.79 Å². The van der Waals surface area contributed by atoms with Gasteiger partial charge in [-0.25, -0.2) is 0 Å². The van der Waals surface area contributed by atoms with Crippen LogP contribution in [0.2, 0.25) is 5.02 Å². The molecule has 0 aliphatic carbocycles. The van der Waals surface area contributed by atoms with Gasteiger partial charge in [0.2, 0.25) is 5.91 Å². The number of hydrogen-bond donors (Lipinski definition) is 2. The minimum atomic E-state index is -0.00472. The largest absolute Gasteiger partial charge is 0.399 e. The summed E-state index contributed by atoms with van der Waals surface area (Å²) in [6.07, 6.45) is 3.02. The molecule has 20 heavy (non-hydrogen) atoms. The lowest BCUT2D eigenvalue weighted by Gasteiger charge is -2.30. The number of nitrogen functional groups attached to an aromatic ring is 1. The van der Waals surface area contributed by atoms with Gasteiger partial charge in [0, 0.05) is 25.2 Å². The SMILES string of the molecule is CC1CCCN(CCC(=O)Nc2ccc(N)cc2Cl)C1. The smallest absolute Gasteiger partial charge is 0.225 e. The van der Waals surface area contributed by atoms with E-state index in [1.54, 1.807) is 18.2 Å². The van der Waals surface area contributed by atoms with Crippen molar-refractivity contribution in [2.75, 3.05) is 30.7 Å².